The molecule has 0 fully saturated rings. The van der Waals surface area contributed by atoms with Crippen molar-refractivity contribution in [3.8, 4) is 0 Å². The fourth-order valence-corrected chi connectivity index (χ4v) is 8.29. The molecule has 0 aromatic carbocycles. The molecule has 0 unspecified atom stereocenters. The van der Waals surface area contributed by atoms with Crippen molar-refractivity contribution in [2.45, 2.75) is 309 Å². The summed E-state index contributed by atoms with van der Waals surface area (Å²) in [6.07, 6.45) is 47.8. The Balaban J connectivity index is 4.79. The fourth-order valence-electron chi connectivity index (χ4n) is 8.29. The van der Waals surface area contributed by atoms with E-state index in [0.717, 1.165) is 57.8 Å². The quantitative estimate of drug-likeness (QED) is 0.0374. The van der Waals surface area contributed by atoms with Crippen LogP contribution in [0.5, 0.6) is 0 Å². The van der Waals surface area contributed by atoms with Crippen LogP contribution in [0.25, 0.3) is 0 Å². The van der Waals surface area contributed by atoms with E-state index in [1.165, 1.54) is 193 Å². The van der Waals surface area contributed by atoms with Crippen molar-refractivity contribution < 1.29 is 23.9 Å². The maximum atomic E-state index is 13.6. The van der Waals surface area contributed by atoms with Crippen LogP contribution in [0.3, 0.4) is 0 Å². The first-order chi connectivity index (χ1) is 27.8. The van der Waals surface area contributed by atoms with Gasteiger partial charge >= 0.3 is 17.9 Å². The lowest BCUT2D eigenvalue weighted by Gasteiger charge is -2.35. The summed E-state index contributed by atoms with van der Waals surface area (Å²) >= 11 is 0. The van der Waals surface area contributed by atoms with Crippen LogP contribution in [0.1, 0.15) is 297 Å². The Hall–Kier alpha value is -1.43. The highest BCUT2D eigenvalue weighted by atomic mass is 16.6. The number of carbonyl (C=O) groups excluding carboxylic acids is 3. The third kappa shape index (κ3) is 37.3. The molecule has 0 amide bonds. The van der Waals surface area contributed by atoms with Gasteiger partial charge in [-0.15, -0.1) is 0 Å². The van der Waals surface area contributed by atoms with E-state index in [-0.39, 0.29) is 19.3 Å². The van der Waals surface area contributed by atoms with Gasteiger partial charge in [-0.05, 0) is 51.4 Å². The van der Waals surface area contributed by atoms with Crippen LogP contribution in [0.15, 0.2) is 0 Å². The Morgan fingerprint density at radius 2 is 0.649 bits per heavy atom. The number of hydrogen-bond donors (Lipinski definition) is 1. The van der Waals surface area contributed by atoms with Crippen LogP contribution < -0.4 is 5.73 Å². The molecule has 0 aromatic heterocycles. The van der Waals surface area contributed by atoms with Gasteiger partial charge in [0.1, 0.15) is 11.6 Å². The van der Waals surface area contributed by atoms with Gasteiger partial charge in [-0.25, -0.2) is 0 Å². The number of carbonyl (C=O) groups is 3. The van der Waals surface area contributed by atoms with Gasteiger partial charge in [0, 0.05) is 12.8 Å². The number of esters is 3. The lowest BCUT2D eigenvalue weighted by Crippen LogP contribution is -2.42. The highest BCUT2D eigenvalue weighted by Gasteiger charge is 2.35. The van der Waals surface area contributed by atoms with Gasteiger partial charge in [0.15, 0.2) is 0 Å². The topological polar surface area (TPSA) is 95.7 Å². The Morgan fingerprint density at radius 3 is 0.965 bits per heavy atom. The summed E-state index contributed by atoms with van der Waals surface area (Å²) in [6.45, 7) is 9.03. The maximum absolute atomic E-state index is 13.6. The average Bonchev–Trinajstić information content (AvgIpc) is 3.20. The van der Waals surface area contributed by atoms with E-state index in [9.17, 15) is 14.4 Å². The van der Waals surface area contributed by atoms with E-state index in [2.05, 4.69) is 27.7 Å². The van der Waals surface area contributed by atoms with E-state index in [4.69, 9.17) is 15.2 Å². The van der Waals surface area contributed by atoms with Crippen LogP contribution in [0.2, 0.25) is 0 Å². The molecule has 0 heterocycles. The van der Waals surface area contributed by atoms with E-state index >= 15 is 0 Å². The van der Waals surface area contributed by atoms with Gasteiger partial charge in [-0.2, -0.15) is 0 Å². The van der Waals surface area contributed by atoms with E-state index in [1.54, 1.807) is 0 Å². The molecule has 0 aliphatic heterocycles. The summed E-state index contributed by atoms with van der Waals surface area (Å²) in [5.74, 6) is -1.46. The molecule has 6 nitrogen and oxygen atoms in total. The molecule has 6 heteroatoms. The Bertz CT molecular complexity index is 875. The number of hydrogen-bond acceptors (Lipinski definition) is 6. The predicted molar refractivity (Wildman–Crippen MR) is 245 cm³/mol. The molecule has 338 valence electrons. The van der Waals surface area contributed by atoms with Gasteiger partial charge in [-0.1, -0.05) is 233 Å². The van der Waals surface area contributed by atoms with Crippen molar-refractivity contribution in [2.75, 3.05) is 0 Å². The molecule has 1 atom stereocenters. The number of nitrogens with two attached hydrogens (primary N) is 1. The third-order valence-corrected chi connectivity index (χ3v) is 12.2. The van der Waals surface area contributed by atoms with Gasteiger partial charge in [-0.3, -0.25) is 14.4 Å². The summed E-state index contributed by atoms with van der Waals surface area (Å²) < 4.78 is 11.6. The Kier molecular flexibility index (Phi) is 41.6. The first-order valence-electron chi connectivity index (χ1n) is 25.6. The fraction of sp³-hybridized carbons (Fsp3) is 0.941. The average molecular weight is 806 g/mol. The zero-order chi connectivity index (χ0) is 41.9. The molecule has 0 aliphatic carbocycles. The summed E-state index contributed by atoms with van der Waals surface area (Å²) in [4.78, 5) is 38.6. The van der Waals surface area contributed by atoms with E-state index in [0.29, 0.717) is 0 Å². The van der Waals surface area contributed by atoms with E-state index < -0.39 is 29.6 Å². The summed E-state index contributed by atoms with van der Waals surface area (Å²) in [5, 5.41) is 0. The second-order valence-electron chi connectivity index (χ2n) is 17.9. The zero-order valence-corrected chi connectivity index (χ0v) is 38.9. The maximum Gasteiger partial charge on any atom is 0.323 e. The minimum absolute atomic E-state index is 0.0546. The lowest BCUT2D eigenvalue weighted by atomic mass is 9.84. The van der Waals surface area contributed by atoms with Gasteiger partial charge in [0.05, 0.1) is 0 Å². The van der Waals surface area contributed by atoms with Crippen LogP contribution in [-0.4, -0.2) is 29.6 Å². The molecule has 0 aromatic rings. The highest BCUT2D eigenvalue weighted by molar-refractivity contribution is 5.86. The number of unbranched alkanes of at least 4 members (excludes halogenated alkanes) is 32. The first-order valence-corrected chi connectivity index (χ1v) is 25.6. The zero-order valence-electron chi connectivity index (χ0n) is 38.9. The molecule has 0 saturated carbocycles. The van der Waals surface area contributed by atoms with Gasteiger partial charge in [0.2, 0.25) is 0 Å². The summed E-state index contributed by atoms with van der Waals surface area (Å²) in [5.41, 5.74) is 5.91. The smallest absolute Gasteiger partial charge is 0.323 e. The SMILES string of the molecule is CCCCCCCCCCCCCCCCCC(=O)OC(=O)CC[C@H](N)C(=O)OC(CCCCCCCC)(CCCCCCCC)CCCCCCCCCCC. The van der Waals surface area contributed by atoms with Crippen molar-refractivity contribution in [1.82, 2.24) is 0 Å². The highest BCUT2D eigenvalue weighted by Crippen LogP contribution is 2.34. The second kappa shape index (κ2) is 42.7. The van der Waals surface area contributed by atoms with Crippen LogP contribution in [0, 0.1) is 0 Å². The van der Waals surface area contributed by atoms with Crippen molar-refractivity contribution in [3.05, 3.63) is 0 Å². The molecular weight excluding hydrogens is 707 g/mol. The first kappa shape index (κ1) is 55.6. The summed E-state index contributed by atoms with van der Waals surface area (Å²) in [6, 6.07) is -0.903. The van der Waals surface area contributed by atoms with Crippen molar-refractivity contribution >= 4 is 17.9 Å². The van der Waals surface area contributed by atoms with Gasteiger partial charge < -0.3 is 15.2 Å². The number of rotatable bonds is 45. The normalized spacial score (nSPS) is 12.2. The largest absolute Gasteiger partial charge is 0.458 e. The molecule has 2 N–H and O–H groups in total. The Labute approximate surface area is 355 Å². The minimum atomic E-state index is -0.903. The molecule has 57 heavy (non-hydrogen) atoms. The lowest BCUT2D eigenvalue weighted by molar-refractivity contribution is -0.165. The van der Waals surface area contributed by atoms with Gasteiger partial charge in [0.25, 0.3) is 0 Å². The van der Waals surface area contributed by atoms with Crippen molar-refractivity contribution in [3.63, 3.8) is 0 Å². The summed E-state index contributed by atoms with van der Waals surface area (Å²) in [7, 11) is 0. The predicted octanol–water partition coefficient (Wildman–Crippen LogP) is 16.1. The Morgan fingerprint density at radius 1 is 0.386 bits per heavy atom. The third-order valence-electron chi connectivity index (χ3n) is 12.2. The molecule has 0 radical (unpaired) electrons. The second-order valence-corrected chi connectivity index (χ2v) is 17.9. The van der Waals surface area contributed by atoms with Crippen molar-refractivity contribution in [1.29, 1.82) is 0 Å². The standard InChI is InChI=1S/C51H99NO5/c1-5-9-13-17-21-23-24-25-26-27-28-29-31-33-37-41-48(53)56-49(54)43-42-47(52)50(55)57-51(44-38-34-19-15-11-7-3,45-39-35-20-16-12-8-4)46-40-36-32-30-22-18-14-10-6-2/h47H,5-46,52H2,1-4H3/t47-/m0/s1. The van der Waals surface area contributed by atoms with Crippen LogP contribution >= 0.6 is 0 Å². The number of ether oxygens (including phenoxy) is 2. The molecule has 0 saturated heterocycles. The van der Waals surface area contributed by atoms with Crippen LogP contribution in [-0.2, 0) is 23.9 Å². The molecule has 0 rings (SSSR count). The van der Waals surface area contributed by atoms with Crippen LogP contribution in [0.4, 0.5) is 0 Å². The van der Waals surface area contributed by atoms with E-state index in [1.807, 2.05) is 0 Å². The molecule has 0 spiro atoms. The van der Waals surface area contributed by atoms with Crippen molar-refractivity contribution in [2.24, 2.45) is 5.73 Å². The molecular formula is C51H99NO5. The molecule has 0 bridgehead atoms. The monoisotopic (exact) mass is 806 g/mol. The minimum Gasteiger partial charge on any atom is -0.458 e. The molecule has 0 aliphatic rings.